The van der Waals surface area contributed by atoms with Gasteiger partial charge in [0.15, 0.2) is 0 Å². The monoisotopic (exact) mass is 272 g/mol. The van der Waals surface area contributed by atoms with Crippen LogP contribution in [-0.2, 0) is 4.79 Å². The minimum absolute atomic E-state index is 0.0133. The number of carbonyl (C=O) groups is 1. The number of thioether (sulfide) groups is 1. The van der Waals surface area contributed by atoms with Crippen LogP contribution >= 0.6 is 23.4 Å². The molecule has 1 rings (SSSR count). The van der Waals surface area contributed by atoms with E-state index in [0.717, 1.165) is 4.90 Å². The molecule has 1 amide bonds. The summed E-state index contributed by atoms with van der Waals surface area (Å²) in [5.74, 6) is 0.0133. The maximum absolute atomic E-state index is 11.7. The highest BCUT2D eigenvalue weighted by molar-refractivity contribution is 8.00. The van der Waals surface area contributed by atoms with Crippen LogP contribution in [-0.4, -0.2) is 17.2 Å². The quantitative estimate of drug-likeness (QED) is 0.655. The number of benzene rings is 1. The zero-order valence-corrected chi connectivity index (χ0v) is 11.7. The third-order valence-corrected chi connectivity index (χ3v) is 3.50. The average molecular weight is 273 g/mol. The second-order valence-corrected chi connectivity index (χ2v) is 5.92. The molecule has 94 valence electrons. The number of rotatable bonds is 4. The van der Waals surface area contributed by atoms with Crippen LogP contribution in [0.5, 0.6) is 0 Å². The van der Waals surface area contributed by atoms with E-state index in [0.29, 0.717) is 10.7 Å². The van der Waals surface area contributed by atoms with Crippen molar-refractivity contribution < 1.29 is 4.79 Å². The van der Waals surface area contributed by atoms with Gasteiger partial charge in [0.2, 0.25) is 5.91 Å². The van der Waals surface area contributed by atoms with Crippen molar-refractivity contribution in [3.8, 4) is 0 Å². The summed E-state index contributed by atoms with van der Waals surface area (Å²) in [7, 11) is 0. The van der Waals surface area contributed by atoms with E-state index in [9.17, 15) is 4.79 Å². The number of carbonyl (C=O) groups excluding carboxylic acids is 1. The maximum Gasteiger partial charge on any atom is 0.233 e. The summed E-state index contributed by atoms with van der Waals surface area (Å²) in [4.78, 5) is 12.6. The predicted octanol–water partition coefficient (Wildman–Crippen LogP) is 2.93. The van der Waals surface area contributed by atoms with Crippen molar-refractivity contribution in [2.45, 2.75) is 37.0 Å². The van der Waals surface area contributed by atoms with Gasteiger partial charge < -0.3 is 11.1 Å². The van der Waals surface area contributed by atoms with E-state index in [1.165, 1.54) is 11.8 Å². The van der Waals surface area contributed by atoms with Gasteiger partial charge in [-0.3, -0.25) is 4.79 Å². The summed E-state index contributed by atoms with van der Waals surface area (Å²) in [6.07, 6.45) is 0. The Morgan fingerprint density at radius 2 is 2.06 bits per heavy atom. The largest absolute Gasteiger partial charge is 0.398 e. The summed E-state index contributed by atoms with van der Waals surface area (Å²) < 4.78 is 0. The summed E-state index contributed by atoms with van der Waals surface area (Å²) in [5, 5.41) is 3.29. The van der Waals surface area contributed by atoms with Crippen molar-refractivity contribution in [1.82, 2.24) is 5.32 Å². The Labute approximate surface area is 111 Å². The molecule has 1 aromatic rings. The number of nitrogens with one attached hydrogen (secondary N) is 1. The standard InChI is InChI=1S/C12H17ClN2OS/c1-7(2)15-12(16)8(3)17-11-5-4-9(13)6-10(11)14/h4-8H,14H2,1-3H3,(H,15,16). The number of nitrogen functional groups attached to an aromatic ring is 1. The smallest absolute Gasteiger partial charge is 0.233 e. The number of nitrogens with two attached hydrogens (primary N) is 1. The molecular formula is C12H17ClN2OS. The van der Waals surface area contributed by atoms with Crippen LogP contribution in [0.25, 0.3) is 0 Å². The van der Waals surface area contributed by atoms with Gasteiger partial charge in [0.1, 0.15) is 0 Å². The molecule has 0 aliphatic carbocycles. The molecule has 0 saturated heterocycles. The van der Waals surface area contributed by atoms with Crippen LogP contribution in [0.2, 0.25) is 5.02 Å². The molecule has 0 fully saturated rings. The highest BCUT2D eigenvalue weighted by Crippen LogP contribution is 2.30. The van der Waals surface area contributed by atoms with Crippen LogP contribution in [0.15, 0.2) is 23.1 Å². The first kappa shape index (κ1) is 14.2. The molecule has 0 radical (unpaired) electrons. The molecule has 0 spiro atoms. The molecule has 0 heterocycles. The van der Waals surface area contributed by atoms with Crippen molar-refractivity contribution in [2.24, 2.45) is 0 Å². The van der Waals surface area contributed by atoms with Gasteiger partial charge in [-0.2, -0.15) is 0 Å². The van der Waals surface area contributed by atoms with Gasteiger partial charge in [-0.1, -0.05) is 11.6 Å². The molecule has 0 aliphatic rings. The van der Waals surface area contributed by atoms with Gasteiger partial charge in [0, 0.05) is 21.6 Å². The van der Waals surface area contributed by atoms with Crippen molar-refractivity contribution >= 4 is 35.0 Å². The summed E-state index contributed by atoms with van der Waals surface area (Å²) in [6, 6.07) is 5.44. The number of hydrogen-bond acceptors (Lipinski definition) is 3. The predicted molar refractivity (Wildman–Crippen MR) is 74.5 cm³/mol. The maximum atomic E-state index is 11.7. The molecule has 5 heteroatoms. The van der Waals surface area contributed by atoms with Gasteiger partial charge >= 0.3 is 0 Å². The molecular weight excluding hydrogens is 256 g/mol. The molecule has 0 saturated carbocycles. The molecule has 3 nitrogen and oxygen atoms in total. The van der Waals surface area contributed by atoms with Crippen LogP contribution < -0.4 is 11.1 Å². The second-order valence-electron chi connectivity index (χ2n) is 4.11. The summed E-state index contributed by atoms with van der Waals surface area (Å²) in [6.45, 7) is 5.73. The molecule has 3 N–H and O–H groups in total. The molecule has 0 aromatic heterocycles. The lowest BCUT2D eigenvalue weighted by molar-refractivity contribution is -0.120. The van der Waals surface area contributed by atoms with E-state index in [4.69, 9.17) is 17.3 Å². The minimum atomic E-state index is -0.180. The fourth-order valence-corrected chi connectivity index (χ4v) is 2.35. The first-order valence-corrected chi connectivity index (χ1v) is 6.68. The third kappa shape index (κ3) is 4.48. The fourth-order valence-electron chi connectivity index (χ4n) is 1.27. The van der Waals surface area contributed by atoms with Gasteiger partial charge in [0.25, 0.3) is 0 Å². The van der Waals surface area contributed by atoms with Crippen molar-refractivity contribution in [3.05, 3.63) is 23.2 Å². The second kappa shape index (κ2) is 6.17. The zero-order valence-electron chi connectivity index (χ0n) is 10.2. The Hall–Kier alpha value is -0.870. The highest BCUT2D eigenvalue weighted by Gasteiger charge is 2.16. The Bertz CT molecular complexity index is 409. The van der Waals surface area contributed by atoms with Gasteiger partial charge in [-0.25, -0.2) is 0 Å². The van der Waals surface area contributed by atoms with Gasteiger partial charge in [0.05, 0.1) is 5.25 Å². The van der Waals surface area contributed by atoms with Crippen LogP contribution in [0, 0.1) is 0 Å². The summed E-state index contributed by atoms with van der Waals surface area (Å²) >= 11 is 7.25. The van der Waals surface area contributed by atoms with Crippen molar-refractivity contribution in [1.29, 1.82) is 0 Å². The molecule has 1 atom stereocenters. The van der Waals surface area contributed by atoms with E-state index >= 15 is 0 Å². The van der Waals surface area contributed by atoms with Gasteiger partial charge in [-0.15, -0.1) is 11.8 Å². The van der Waals surface area contributed by atoms with Crippen LogP contribution in [0.3, 0.4) is 0 Å². The van der Waals surface area contributed by atoms with E-state index in [2.05, 4.69) is 5.32 Å². The molecule has 0 bridgehead atoms. The van der Waals surface area contributed by atoms with E-state index in [1.54, 1.807) is 12.1 Å². The van der Waals surface area contributed by atoms with Crippen LogP contribution in [0.1, 0.15) is 20.8 Å². The van der Waals surface area contributed by atoms with Crippen molar-refractivity contribution in [3.63, 3.8) is 0 Å². The molecule has 0 aliphatic heterocycles. The molecule has 1 aromatic carbocycles. The first-order valence-electron chi connectivity index (χ1n) is 5.42. The van der Waals surface area contributed by atoms with Gasteiger partial charge in [-0.05, 0) is 39.0 Å². The first-order chi connectivity index (χ1) is 7.90. The van der Waals surface area contributed by atoms with E-state index in [1.807, 2.05) is 26.8 Å². The number of anilines is 1. The molecule has 1 unspecified atom stereocenters. The topological polar surface area (TPSA) is 55.1 Å². The lowest BCUT2D eigenvalue weighted by Crippen LogP contribution is -2.35. The summed E-state index contributed by atoms with van der Waals surface area (Å²) in [5.41, 5.74) is 6.44. The normalized spacial score (nSPS) is 12.5. The minimum Gasteiger partial charge on any atom is -0.398 e. The SMILES string of the molecule is CC(C)NC(=O)C(C)Sc1ccc(Cl)cc1N. The Balaban J connectivity index is 2.67. The lowest BCUT2D eigenvalue weighted by Gasteiger charge is -2.15. The zero-order chi connectivity index (χ0) is 13.0. The Kier molecular flexibility index (Phi) is 5.15. The van der Waals surface area contributed by atoms with E-state index in [-0.39, 0.29) is 17.2 Å². The number of halogens is 1. The Morgan fingerprint density at radius 3 is 2.59 bits per heavy atom. The number of amides is 1. The fraction of sp³-hybridized carbons (Fsp3) is 0.417. The van der Waals surface area contributed by atoms with Crippen molar-refractivity contribution in [2.75, 3.05) is 5.73 Å². The average Bonchev–Trinajstić information content (AvgIpc) is 2.21. The molecule has 17 heavy (non-hydrogen) atoms. The van der Waals surface area contributed by atoms with E-state index < -0.39 is 0 Å². The highest BCUT2D eigenvalue weighted by atomic mass is 35.5. The van der Waals surface area contributed by atoms with Crippen LogP contribution in [0.4, 0.5) is 5.69 Å². The Morgan fingerprint density at radius 1 is 1.41 bits per heavy atom. The number of hydrogen-bond donors (Lipinski definition) is 2. The lowest BCUT2D eigenvalue weighted by atomic mass is 10.3. The third-order valence-electron chi connectivity index (χ3n) is 2.08.